The standard InChI is InChI=1S/C14H17BrClNO2S2/c15-13-11(16)4-12(20-13)21(18,19)17-14-5-8-1-9(6-14)3-10(2-8)7-14/h4,8-10,17H,1-3,5-7H2. The highest BCUT2D eigenvalue weighted by molar-refractivity contribution is 9.11. The maximum atomic E-state index is 12.7. The van der Waals surface area contributed by atoms with E-state index in [1.165, 1.54) is 30.6 Å². The first-order chi connectivity index (χ1) is 9.85. The normalized spacial score (nSPS) is 38.1. The maximum Gasteiger partial charge on any atom is 0.250 e. The molecule has 0 spiro atoms. The van der Waals surface area contributed by atoms with E-state index < -0.39 is 10.0 Å². The van der Waals surface area contributed by atoms with Gasteiger partial charge in [-0.1, -0.05) is 11.6 Å². The van der Waals surface area contributed by atoms with E-state index in [0.29, 0.717) is 13.0 Å². The Kier molecular flexibility index (Phi) is 3.51. The van der Waals surface area contributed by atoms with Crippen molar-refractivity contribution in [2.75, 3.05) is 0 Å². The molecule has 7 heteroatoms. The van der Waals surface area contributed by atoms with Gasteiger partial charge in [0.1, 0.15) is 4.21 Å². The van der Waals surface area contributed by atoms with E-state index in [4.69, 9.17) is 11.6 Å². The number of thiophene rings is 1. The van der Waals surface area contributed by atoms with Crippen molar-refractivity contribution in [3.63, 3.8) is 0 Å². The van der Waals surface area contributed by atoms with Gasteiger partial charge < -0.3 is 0 Å². The molecular weight excluding hydrogens is 394 g/mol. The van der Waals surface area contributed by atoms with Gasteiger partial charge in [-0.25, -0.2) is 13.1 Å². The largest absolute Gasteiger partial charge is 0.250 e. The quantitative estimate of drug-likeness (QED) is 0.802. The molecule has 0 radical (unpaired) electrons. The molecule has 0 unspecified atom stereocenters. The summed E-state index contributed by atoms with van der Waals surface area (Å²) in [6.07, 6.45) is 6.95. The van der Waals surface area contributed by atoms with Gasteiger partial charge >= 0.3 is 0 Å². The average Bonchev–Trinajstić information content (AvgIpc) is 2.67. The fourth-order valence-corrected chi connectivity index (χ4v) is 8.86. The average molecular weight is 411 g/mol. The van der Waals surface area contributed by atoms with Crippen molar-refractivity contribution < 1.29 is 8.42 Å². The molecule has 4 saturated carbocycles. The molecule has 0 saturated heterocycles. The van der Waals surface area contributed by atoms with Gasteiger partial charge in [0, 0.05) is 5.54 Å². The van der Waals surface area contributed by atoms with E-state index in [2.05, 4.69) is 20.7 Å². The van der Waals surface area contributed by atoms with Crippen LogP contribution in [0.1, 0.15) is 38.5 Å². The van der Waals surface area contributed by atoms with Crippen LogP contribution in [0.15, 0.2) is 14.1 Å². The molecule has 0 atom stereocenters. The highest BCUT2D eigenvalue weighted by Gasteiger charge is 2.52. The highest BCUT2D eigenvalue weighted by Crippen LogP contribution is 2.56. The SMILES string of the molecule is O=S(=O)(NC12CC3CC(CC(C3)C1)C2)c1cc(Cl)c(Br)s1. The zero-order chi connectivity index (χ0) is 14.8. The summed E-state index contributed by atoms with van der Waals surface area (Å²) in [5.41, 5.74) is -0.198. The molecule has 0 amide bonds. The minimum atomic E-state index is -3.47. The van der Waals surface area contributed by atoms with Crippen LogP contribution in [0.4, 0.5) is 0 Å². The van der Waals surface area contributed by atoms with Crippen molar-refractivity contribution in [1.82, 2.24) is 4.72 Å². The topological polar surface area (TPSA) is 46.2 Å². The van der Waals surface area contributed by atoms with Crippen molar-refractivity contribution >= 4 is 48.9 Å². The number of sulfonamides is 1. The van der Waals surface area contributed by atoms with Crippen molar-refractivity contribution in [2.24, 2.45) is 17.8 Å². The van der Waals surface area contributed by atoms with Crippen LogP contribution in [0, 0.1) is 17.8 Å². The zero-order valence-electron chi connectivity index (χ0n) is 11.4. The van der Waals surface area contributed by atoms with Crippen molar-refractivity contribution in [1.29, 1.82) is 0 Å². The molecule has 0 aromatic carbocycles. The molecule has 1 heterocycles. The molecule has 5 rings (SSSR count). The Hall–Kier alpha value is 0.380. The first-order valence-electron chi connectivity index (χ1n) is 7.34. The smallest absolute Gasteiger partial charge is 0.206 e. The van der Waals surface area contributed by atoms with E-state index in [-0.39, 0.29) is 5.54 Å². The maximum absolute atomic E-state index is 12.7. The van der Waals surface area contributed by atoms with Gasteiger partial charge in [0.05, 0.1) is 8.81 Å². The lowest BCUT2D eigenvalue weighted by Gasteiger charge is -2.56. The Morgan fingerprint density at radius 1 is 1.19 bits per heavy atom. The molecule has 0 aliphatic heterocycles. The van der Waals surface area contributed by atoms with E-state index in [9.17, 15) is 8.42 Å². The summed E-state index contributed by atoms with van der Waals surface area (Å²) in [4.78, 5) is 0. The van der Waals surface area contributed by atoms with E-state index >= 15 is 0 Å². The second kappa shape index (κ2) is 4.94. The van der Waals surface area contributed by atoms with Gasteiger partial charge in [-0.15, -0.1) is 11.3 Å². The fourth-order valence-electron chi connectivity index (χ4n) is 5.03. The van der Waals surface area contributed by atoms with Crippen molar-refractivity contribution in [3.8, 4) is 0 Å². The number of halogens is 2. The van der Waals surface area contributed by atoms with Crippen LogP contribution in [0.2, 0.25) is 5.02 Å². The van der Waals surface area contributed by atoms with Crippen LogP contribution in [-0.4, -0.2) is 14.0 Å². The number of nitrogens with one attached hydrogen (secondary N) is 1. The van der Waals surface area contributed by atoms with Crippen molar-refractivity contribution in [2.45, 2.75) is 48.3 Å². The van der Waals surface area contributed by atoms with E-state index in [1.54, 1.807) is 6.07 Å². The molecule has 4 aliphatic rings. The lowest BCUT2D eigenvalue weighted by Crippen LogP contribution is -2.59. The second-order valence-electron chi connectivity index (χ2n) is 6.99. The van der Waals surface area contributed by atoms with Gasteiger partial charge in [-0.2, -0.15) is 0 Å². The number of rotatable bonds is 3. The molecule has 21 heavy (non-hydrogen) atoms. The van der Waals surface area contributed by atoms with E-state index in [0.717, 1.165) is 37.0 Å². The Morgan fingerprint density at radius 2 is 1.71 bits per heavy atom. The summed E-state index contributed by atoms with van der Waals surface area (Å²) in [5, 5.41) is 0.464. The molecular formula is C14H17BrClNO2S2. The van der Waals surface area contributed by atoms with E-state index in [1.807, 2.05) is 0 Å². The Morgan fingerprint density at radius 3 is 2.14 bits per heavy atom. The third kappa shape index (κ3) is 2.61. The van der Waals surface area contributed by atoms with Crippen LogP contribution < -0.4 is 4.72 Å². The predicted molar refractivity (Wildman–Crippen MR) is 88.3 cm³/mol. The second-order valence-corrected chi connectivity index (χ2v) is 11.7. The third-order valence-corrected chi connectivity index (χ3v) is 9.80. The lowest BCUT2D eigenvalue weighted by atomic mass is 9.53. The molecule has 4 bridgehead atoms. The molecule has 1 aromatic rings. The van der Waals surface area contributed by atoms with Gasteiger partial charge in [0.2, 0.25) is 0 Å². The van der Waals surface area contributed by atoms with Gasteiger partial charge in [-0.3, -0.25) is 0 Å². The van der Waals surface area contributed by atoms with Crippen LogP contribution in [0.3, 0.4) is 0 Å². The van der Waals surface area contributed by atoms with Crippen LogP contribution in [0.5, 0.6) is 0 Å². The first kappa shape index (κ1) is 14.9. The summed E-state index contributed by atoms with van der Waals surface area (Å²) >= 11 is 10.5. The molecule has 4 fully saturated rings. The highest BCUT2D eigenvalue weighted by atomic mass is 79.9. The zero-order valence-corrected chi connectivity index (χ0v) is 15.4. The molecule has 4 aliphatic carbocycles. The lowest BCUT2D eigenvalue weighted by molar-refractivity contribution is -0.00807. The van der Waals surface area contributed by atoms with Crippen molar-refractivity contribution in [3.05, 3.63) is 14.9 Å². The minimum absolute atomic E-state index is 0.198. The third-order valence-electron chi connectivity index (χ3n) is 5.28. The monoisotopic (exact) mass is 409 g/mol. The first-order valence-corrected chi connectivity index (χ1v) is 10.8. The van der Waals surface area contributed by atoms with Crippen LogP contribution in [-0.2, 0) is 10.0 Å². The molecule has 1 N–H and O–H groups in total. The summed E-state index contributed by atoms with van der Waals surface area (Å²) in [7, 11) is -3.47. The van der Waals surface area contributed by atoms with Gasteiger partial charge in [0.25, 0.3) is 10.0 Å². The molecule has 3 nitrogen and oxygen atoms in total. The summed E-state index contributed by atoms with van der Waals surface area (Å²) in [5.74, 6) is 2.16. The molecule has 1 aromatic heterocycles. The Bertz CT molecular complexity index is 630. The predicted octanol–water partition coefficient (Wildman–Crippen LogP) is 4.41. The fraction of sp³-hybridized carbons (Fsp3) is 0.714. The Balaban J connectivity index is 1.63. The minimum Gasteiger partial charge on any atom is -0.206 e. The van der Waals surface area contributed by atoms with Gasteiger partial charge in [-0.05, 0) is 78.3 Å². The summed E-state index contributed by atoms with van der Waals surface area (Å²) in [6, 6.07) is 1.54. The van der Waals surface area contributed by atoms with Crippen LogP contribution in [0.25, 0.3) is 0 Å². The number of hydrogen-bond acceptors (Lipinski definition) is 3. The Labute approximate surface area is 142 Å². The summed E-state index contributed by atoms with van der Waals surface area (Å²) in [6.45, 7) is 0. The summed E-state index contributed by atoms with van der Waals surface area (Å²) < 4.78 is 29.5. The number of hydrogen-bond donors (Lipinski definition) is 1. The van der Waals surface area contributed by atoms with Gasteiger partial charge in [0.15, 0.2) is 0 Å². The van der Waals surface area contributed by atoms with Crippen LogP contribution >= 0.6 is 38.9 Å². The molecule has 116 valence electrons.